The van der Waals surface area contributed by atoms with E-state index in [0.717, 1.165) is 19.2 Å². The number of rotatable bonds is 9. The van der Waals surface area contributed by atoms with E-state index in [2.05, 4.69) is 26.1 Å². The maximum Gasteiger partial charge on any atom is 0.0704 e. The topological polar surface area (TPSA) is 30.5 Å². The van der Waals surface area contributed by atoms with E-state index in [1.807, 2.05) is 0 Å². The molecule has 0 amide bonds. The molecule has 1 rings (SSSR count). The van der Waals surface area contributed by atoms with Crippen LogP contribution in [0.25, 0.3) is 0 Å². The molecule has 1 atom stereocenters. The largest absolute Gasteiger partial charge is 0.379 e. The summed E-state index contributed by atoms with van der Waals surface area (Å²) in [7, 11) is 0. The van der Waals surface area contributed by atoms with Gasteiger partial charge in [0.1, 0.15) is 0 Å². The first-order valence-corrected chi connectivity index (χ1v) is 7.61. The van der Waals surface area contributed by atoms with Crippen molar-refractivity contribution in [2.75, 3.05) is 26.4 Å². The summed E-state index contributed by atoms with van der Waals surface area (Å²) in [6.45, 7) is 9.69. The quantitative estimate of drug-likeness (QED) is 0.644. The summed E-state index contributed by atoms with van der Waals surface area (Å²) in [6, 6.07) is 0.724. The van der Waals surface area contributed by atoms with E-state index in [4.69, 9.17) is 9.47 Å². The van der Waals surface area contributed by atoms with Crippen LogP contribution in [0.1, 0.15) is 52.9 Å². The molecule has 0 saturated heterocycles. The fraction of sp³-hybridized carbons (Fsp3) is 1.00. The fourth-order valence-corrected chi connectivity index (χ4v) is 2.33. The molecule has 0 bridgehead atoms. The predicted molar refractivity (Wildman–Crippen MR) is 75.9 cm³/mol. The molecule has 1 aliphatic carbocycles. The van der Waals surface area contributed by atoms with Gasteiger partial charge in [-0.25, -0.2) is 0 Å². The van der Waals surface area contributed by atoms with E-state index in [0.29, 0.717) is 19.1 Å². The van der Waals surface area contributed by atoms with E-state index in [1.165, 1.54) is 32.1 Å². The van der Waals surface area contributed by atoms with E-state index >= 15 is 0 Å². The van der Waals surface area contributed by atoms with Gasteiger partial charge in [-0.1, -0.05) is 33.1 Å². The molecule has 0 spiro atoms. The third kappa shape index (κ3) is 8.06. The number of ether oxygens (including phenoxy) is 2. The first-order valence-electron chi connectivity index (χ1n) is 7.61. The van der Waals surface area contributed by atoms with Crippen LogP contribution in [0, 0.1) is 5.92 Å². The second-order valence-corrected chi connectivity index (χ2v) is 5.89. The van der Waals surface area contributed by atoms with E-state index in [9.17, 15) is 0 Å². The van der Waals surface area contributed by atoms with Crippen molar-refractivity contribution in [3.05, 3.63) is 0 Å². The molecule has 3 heteroatoms. The zero-order chi connectivity index (χ0) is 13.2. The summed E-state index contributed by atoms with van der Waals surface area (Å²) >= 11 is 0. The number of nitrogens with one attached hydrogen (secondary N) is 1. The Labute approximate surface area is 113 Å². The lowest BCUT2D eigenvalue weighted by atomic mass is 9.95. The SMILES string of the molecule is CC(C)COCCOC(C)CNC1CCCCC1. The van der Waals surface area contributed by atoms with E-state index < -0.39 is 0 Å². The van der Waals surface area contributed by atoms with Crippen molar-refractivity contribution in [3.63, 3.8) is 0 Å². The normalized spacial score (nSPS) is 19.3. The van der Waals surface area contributed by atoms with Crippen LogP contribution in [0.15, 0.2) is 0 Å². The van der Waals surface area contributed by atoms with Gasteiger partial charge in [-0.2, -0.15) is 0 Å². The Morgan fingerprint density at radius 1 is 1.06 bits per heavy atom. The lowest BCUT2D eigenvalue weighted by Gasteiger charge is -2.24. The number of hydrogen-bond acceptors (Lipinski definition) is 3. The second kappa shape index (κ2) is 9.76. The zero-order valence-corrected chi connectivity index (χ0v) is 12.4. The Hall–Kier alpha value is -0.120. The van der Waals surface area contributed by atoms with Gasteiger partial charge in [-0.3, -0.25) is 0 Å². The molecule has 1 aliphatic rings. The van der Waals surface area contributed by atoms with E-state index in [-0.39, 0.29) is 6.10 Å². The third-order valence-electron chi connectivity index (χ3n) is 3.38. The molecule has 0 heterocycles. The van der Waals surface area contributed by atoms with Gasteiger partial charge in [-0.15, -0.1) is 0 Å². The molecule has 1 N–H and O–H groups in total. The summed E-state index contributed by atoms with van der Waals surface area (Å²) in [6.07, 6.45) is 7.15. The maximum atomic E-state index is 5.73. The van der Waals surface area contributed by atoms with Crippen LogP contribution in [0.3, 0.4) is 0 Å². The van der Waals surface area contributed by atoms with Crippen molar-refractivity contribution >= 4 is 0 Å². The molecule has 0 aromatic rings. The molecule has 1 fully saturated rings. The summed E-state index contributed by atoms with van der Waals surface area (Å²) < 4.78 is 11.2. The van der Waals surface area contributed by atoms with Gasteiger partial charge >= 0.3 is 0 Å². The minimum absolute atomic E-state index is 0.287. The average molecular weight is 257 g/mol. The van der Waals surface area contributed by atoms with Crippen molar-refractivity contribution in [1.82, 2.24) is 5.32 Å². The lowest BCUT2D eigenvalue weighted by Crippen LogP contribution is -2.37. The van der Waals surface area contributed by atoms with Gasteiger partial charge in [0, 0.05) is 19.2 Å². The Kier molecular flexibility index (Phi) is 8.64. The van der Waals surface area contributed by atoms with Crippen molar-refractivity contribution < 1.29 is 9.47 Å². The second-order valence-electron chi connectivity index (χ2n) is 5.89. The molecule has 0 aromatic carbocycles. The fourth-order valence-electron chi connectivity index (χ4n) is 2.33. The van der Waals surface area contributed by atoms with Gasteiger partial charge in [-0.05, 0) is 25.7 Å². The van der Waals surface area contributed by atoms with Crippen LogP contribution in [0.2, 0.25) is 0 Å². The molecular weight excluding hydrogens is 226 g/mol. The summed E-state index contributed by atoms with van der Waals surface area (Å²) in [5.74, 6) is 0.607. The summed E-state index contributed by atoms with van der Waals surface area (Å²) in [5, 5.41) is 3.61. The highest BCUT2D eigenvalue weighted by atomic mass is 16.5. The average Bonchev–Trinajstić information content (AvgIpc) is 2.37. The molecular formula is C15H31NO2. The van der Waals surface area contributed by atoms with Crippen molar-refractivity contribution in [3.8, 4) is 0 Å². The summed E-state index contributed by atoms with van der Waals surface area (Å²) in [4.78, 5) is 0. The monoisotopic (exact) mass is 257 g/mol. The van der Waals surface area contributed by atoms with Crippen molar-refractivity contribution in [2.45, 2.75) is 65.0 Å². The molecule has 3 nitrogen and oxygen atoms in total. The first kappa shape index (κ1) is 15.9. The molecule has 108 valence electrons. The van der Waals surface area contributed by atoms with Crippen LogP contribution >= 0.6 is 0 Å². The summed E-state index contributed by atoms with van der Waals surface area (Å²) in [5.41, 5.74) is 0. The van der Waals surface area contributed by atoms with E-state index in [1.54, 1.807) is 0 Å². The Morgan fingerprint density at radius 3 is 2.44 bits per heavy atom. The minimum Gasteiger partial charge on any atom is -0.379 e. The molecule has 1 saturated carbocycles. The Bertz CT molecular complexity index is 191. The van der Waals surface area contributed by atoms with Gasteiger partial charge < -0.3 is 14.8 Å². The number of hydrogen-bond donors (Lipinski definition) is 1. The van der Waals surface area contributed by atoms with Crippen LogP contribution in [-0.4, -0.2) is 38.5 Å². The van der Waals surface area contributed by atoms with Crippen LogP contribution in [0.4, 0.5) is 0 Å². The van der Waals surface area contributed by atoms with Crippen LogP contribution < -0.4 is 5.32 Å². The van der Waals surface area contributed by atoms with Gasteiger partial charge in [0.05, 0.1) is 19.3 Å². The van der Waals surface area contributed by atoms with Crippen molar-refractivity contribution in [2.24, 2.45) is 5.92 Å². The predicted octanol–water partition coefficient (Wildman–Crippen LogP) is 2.99. The first-order chi connectivity index (χ1) is 8.68. The zero-order valence-electron chi connectivity index (χ0n) is 12.4. The molecule has 18 heavy (non-hydrogen) atoms. The highest BCUT2D eigenvalue weighted by Gasteiger charge is 2.13. The van der Waals surface area contributed by atoms with Crippen LogP contribution in [-0.2, 0) is 9.47 Å². The van der Waals surface area contributed by atoms with Crippen molar-refractivity contribution in [1.29, 1.82) is 0 Å². The molecule has 1 unspecified atom stereocenters. The van der Waals surface area contributed by atoms with Gasteiger partial charge in [0.15, 0.2) is 0 Å². The standard InChI is InChI=1S/C15H31NO2/c1-13(2)12-17-9-10-18-14(3)11-16-15-7-5-4-6-8-15/h13-16H,4-12H2,1-3H3. The highest BCUT2D eigenvalue weighted by molar-refractivity contribution is 4.72. The highest BCUT2D eigenvalue weighted by Crippen LogP contribution is 2.17. The third-order valence-corrected chi connectivity index (χ3v) is 3.38. The van der Waals surface area contributed by atoms with Gasteiger partial charge in [0.2, 0.25) is 0 Å². The lowest BCUT2D eigenvalue weighted by molar-refractivity contribution is 0.00551. The van der Waals surface area contributed by atoms with Crippen LogP contribution in [0.5, 0.6) is 0 Å². The van der Waals surface area contributed by atoms with Gasteiger partial charge in [0.25, 0.3) is 0 Å². The molecule has 0 radical (unpaired) electrons. The maximum absolute atomic E-state index is 5.73. The Balaban J connectivity index is 1.91. The molecule has 0 aromatic heterocycles. The molecule has 0 aliphatic heterocycles. The smallest absolute Gasteiger partial charge is 0.0704 e. The Morgan fingerprint density at radius 2 is 1.78 bits per heavy atom. The minimum atomic E-state index is 0.287.